The van der Waals surface area contributed by atoms with Gasteiger partial charge in [-0.15, -0.1) is 0 Å². The van der Waals surface area contributed by atoms with E-state index in [1.54, 1.807) is 14.1 Å². The summed E-state index contributed by atoms with van der Waals surface area (Å²) >= 11 is 0. The van der Waals surface area contributed by atoms with Crippen LogP contribution in [0.5, 0.6) is 0 Å². The van der Waals surface area contributed by atoms with Crippen LogP contribution in [0.3, 0.4) is 0 Å². The van der Waals surface area contributed by atoms with Gasteiger partial charge >= 0.3 is 0 Å². The molecule has 0 spiro atoms. The van der Waals surface area contributed by atoms with Crippen LogP contribution in [-0.4, -0.2) is 29.6 Å². The largest absolute Gasteiger partial charge is 0.274 e. The van der Waals surface area contributed by atoms with Crippen molar-refractivity contribution in [1.29, 1.82) is 0 Å². The highest BCUT2D eigenvalue weighted by atomic mass is 32.2. The molecule has 5 nitrogen and oxygen atoms in total. The number of sulfonamides is 1. The molecule has 1 aliphatic rings. The average Bonchev–Trinajstić information content (AvgIpc) is 3.16. The third-order valence-corrected chi connectivity index (χ3v) is 6.30. The Bertz CT molecular complexity index is 979. The van der Waals surface area contributed by atoms with Crippen molar-refractivity contribution >= 4 is 10.0 Å². The van der Waals surface area contributed by atoms with Crippen LogP contribution in [0.2, 0.25) is 0 Å². The molecule has 0 unspecified atom stereocenters. The summed E-state index contributed by atoms with van der Waals surface area (Å²) in [6.07, 6.45) is 2.91. The van der Waals surface area contributed by atoms with Crippen LogP contribution >= 0.6 is 0 Å². The fourth-order valence-corrected chi connectivity index (χ4v) is 4.66. The lowest BCUT2D eigenvalue weighted by Crippen LogP contribution is -2.30. The van der Waals surface area contributed by atoms with Gasteiger partial charge in [0.1, 0.15) is 4.90 Å². The fraction of sp³-hybridized carbons (Fsp3) is 0.167. The van der Waals surface area contributed by atoms with E-state index in [1.807, 2.05) is 48.5 Å². The second-order valence-electron chi connectivity index (χ2n) is 5.95. The first-order chi connectivity index (χ1) is 11.5. The molecular formula is C18H17N3O2S. The van der Waals surface area contributed by atoms with E-state index < -0.39 is 10.0 Å². The van der Waals surface area contributed by atoms with E-state index in [9.17, 15) is 8.42 Å². The van der Waals surface area contributed by atoms with Crippen LogP contribution in [0.4, 0.5) is 0 Å². The number of aryl methyl sites for hydroxylation is 1. The topological polar surface area (TPSA) is 55.2 Å². The number of rotatable bonds is 3. The molecule has 24 heavy (non-hydrogen) atoms. The van der Waals surface area contributed by atoms with Crippen molar-refractivity contribution in [2.24, 2.45) is 7.05 Å². The maximum Gasteiger partial charge on any atom is 0.246 e. The molecule has 0 saturated heterocycles. The van der Waals surface area contributed by atoms with Gasteiger partial charge in [-0.25, -0.2) is 8.42 Å². The summed E-state index contributed by atoms with van der Waals surface area (Å²) in [6.45, 7) is 0. The third-order valence-electron chi connectivity index (χ3n) is 4.52. The minimum atomic E-state index is -3.64. The van der Waals surface area contributed by atoms with Gasteiger partial charge in [-0.3, -0.25) is 4.68 Å². The first kappa shape index (κ1) is 15.1. The minimum absolute atomic E-state index is 0.203. The summed E-state index contributed by atoms with van der Waals surface area (Å²) in [5, 5.41) is 3.99. The molecule has 4 rings (SSSR count). The number of nitrogens with zero attached hydrogens (tertiary/aromatic N) is 3. The smallest absolute Gasteiger partial charge is 0.246 e. The van der Waals surface area contributed by atoms with Crippen molar-refractivity contribution in [3.63, 3.8) is 0 Å². The van der Waals surface area contributed by atoms with Crippen LogP contribution in [0.15, 0.2) is 65.8 Å². The van der Waals surface area contributed by atoms with Gasteiger partial charge in [-0.1, -0.05) is 48.5 Å². The van der Waals surface area contributed by atoms with Gasteiger partial charge in [-0.2, -0.15) is 9.40 Å². The maximum absolute atomic E-state index is 13.0. The summed E-state index contributed by atoms with van der Waals surface area (Å²) in [5.41, 5.74) is 4.19. The zero-order valence-electron chi connectivity index (χ0n) is 13.4. The van der Waals surface area contributed by atoms with E-state index in [0.717, 1.165) is 22.3 Å². The maximum atomic E-state index is 13.0. The molecule has 0 fully saturated rings. The molecule has 1 aliphatic carbocycles. The van der Waals surface area contributed by atoms with Crippen LogP contribution in [0, 0.1) is 0 Å². The second-order valence-corrected chi connectivity index (χ2v) is 7.95. The molecule has 0 bridgehead atoms. The zero-order valence-corrected chi connectivity index (χ0v) is 14.2. The Balaban J connectivity index is 1.87. The standard InChI is InChI=1S/C18H17N3O2S/c1-20-12-13(11-19-20)24(22,23)21(2)18-16-9-5-3-7-14(16)15-8-4-6-10-17(15)18/h3-12,18H,1-2H3. The summed E-state index contributed by atoms with van der Waals surface area (Å²) in [5.74, 6) is 0. The van der Waals surface area contributed by atoms with Gasteiger partial charge < -0.3 is 0 Å². The first-order valence-corrected chi connectivity index (χ1v) is 9.09. The lowest BCUT2D eigenvalue weighted by molar-refractivity contribution is 0.423. The average molecular weight is 339 g/mol. The highest BCUT2D eigenvalue weighted by Gasteiger charge is 2.37. The van der Waals surface area contributed by atoms with Gasteiger partial charge in [0.25, 0.3) is 0 Å². The Morgan fingerprint density at radius 1 is 1.00 bits per heavy atom. The van der Waals surface area contributed by atoms with Gasteiger partial charge in [0.05, 0.1) is 12.2 Å². The van der Waals surface area contributed by atoms with Crippen molar-refractivity contribution in [3.05, 3.63) is 72.1 Å². The lowest BCUT2D eigenvalue weighted by atomic mass is 10.1. The van der Waals surface area contributed by atoms with E-state index in [0.29, 0.717) is 0 Å². The molecular weight excluding hydrogens is 322 g/mol. The predicted molar refractivity (Wildman–Crippen MR) is 91.9 cm³/mol. The molecule has 6 heteroatoms. The predicted octanol–water partition coefficient (Wildman–Crippen LogP) is 2.81. The normalized spacial score (nSPS) is 14.0. The molecule has 0 amide bonds. The Morgan fingerprint density at radius 2 is 1.54 bits per heavy atom. The van der Waals surface area contributed by atoms with E-state index in [2.05, 4.69) is 5.10 Å². The van der Waals surface area contributed by atoms with Gasteiger partial charge in [-0.05, 0) is 22.3 Å². The Labute approximate surface area is 141 Å². The van der Waals surface area contributed by atoms with Gasteiger partial charge in [0.2, 0.25) is 10.0 Å². The summed E-state index contributed by atoms with van der Waals surface area (Å²) in [7, 11) is -0.299. The quantitative estimate of drug-likeness (QED) is 0.737. The van der Waals surface area contributed by atoms with Crippen molar-refractivity contribution in [2.75, 3.05) is 7.05 Å². The number of hydrogen-bond donors (Lipinski definition) is 0. The SMILES string of the molecule is CN(C1c2ccccc2-c2ccccc21)S(=O)(=O)c1cnn(C)c1. The van der Waals surface area contributed by atoms with E-state index in [-0.39, 0.29) is 10.9 Å². The number of fused-ring (bicyclic) bond motifs is 3. The Hall–Kier alpha value is -2.44. The third kappa shape index (κ3) is 2.11. The molecule has 2 aromatic carbocycles. The number of benzene rings is 2. The molecule has 1 aromatic heterocycles. The zero-order chi connectivity index (χ0) is 16.9. The fourth-order valence-electron chi connectivity index (χ4n) is 3.36. The van der Waals surface area contributed by atoms with Crippen molar-refractivity contribution in [3.8, 4) is 11.1 Å². The lowest BCUT2D eigenvalue weighted by Gasteiger charge is -2.25. The van der Waals surface area contributed by atoms with Gasteiger partial charge in [0.15, 0.2) is 0 Å². The highest BCUT2D eigenvalue weighted by molar-refractivity contribution is 7.89. The molecule has 0 saturated carbocycles. The molecule has 0 N–H and O–H groups in total. The summed E-state index contributed by atoms with van der Waals surface area (Å²) in [6, 6.07) is 15.6. The molecule has 0 atom stereocenters. The monoisotopic (exact) mass is 339 g/mol. The number of aromatic nitrogens is 2. The van der Waals surface area contributed by atoms with Crippen LogP contribution in [0.1, 0.15) is 17.2 Å². The van der Waals surface area contributed by atoms with Crippen molar-refractivity contribution < 1.29 is 8.42 Å². The van der Waals surface area contributed by atoms with Crippen LogP contribution < -0.4 is 0 Å². The summed E-state index contributed by atoms with van der Waals surface area (Å²) < 4.78 is 29.0. The van der Waals surface area contributed by atoms with Crippen molar-refractivity contribution in [2.45, 2.75) is 10.9 Å². The summed E-state index contributed by atoms with van der Waals surface area (Å²) in [4.78, 5) is 0.203. The molecule has 3 aromatic rings. The van der Waals surface area contributed by atoms with E-state index >= 15 is 0 Å². The minimum Gasteiger partial charge on any atom is -0.274 e. The molecule has 1 heterocycles. The van der Waals surface area contributed by atoms with E-state index in [1.165, 1.54) is 21.4 Å². The second kappa shape index (κ2) is 5.29. The van der Waals surface area contributed by atoms with E-state index in [4.69, 9.17) is 0 Å². The Morgan fingerprint density at radius 3 is 2.04 bits per heavy atom. The van der Waals surface area contributed by atoms with Crippen LogP contribution in [0.25, 0.3) is 11.1 Å². The molecule has 0 aliphatic heterocycles. The molecule has 0 radical (unpaired) electrons. The Kier molecular flexibility index (Phi) is 3.33. The van der Waals surface area contributed by atoms with Gasteiger partial charge in [0, 0.05) is 20.3 Å². The molecule has 122 valence electrons. The van der Waals surface area contributed by atoms with Crippen LogP contribution in [-0.2, 0) is 17.1 Å². The first-order valence-electron chi connectivity index (χ1n) is 7.65. The van der Waals surface area contributed by atoms with Crippen molar-refractivity contribution in [1.82, 2.24) is 14.1 Å². The number of hydrogen-bond acceptors (Lipinski definition) is 3. The highest BCUT2D eigenvalue weighted by Crippen LogP contribution is 2.46.